The summed E-state index contributed by atoms with van der Waals surface area (Å²) in [6, 6.07) is 7.50. The van der Waals surface area contributed by atoms with E-state index >= 15 is 0 Å². The van der Waals surface area contributed by atoms with Gasteiger partial charge in [-0.2, -0.15) is 5.26 Å². The van der Waals surface area contributed by atoms with Crippen LogP contribution in [-0.2, 0) is 0 Å². The van der Waals surface area contributed by atoms with Gasteiger partial charge in [0.05, 0.1) is 18.1 Å². The number of nitrogens with zero attached hydrogens (tertiary/aromatic N) is 1. The van der Waals surface area contributed by atoms with E-state index in [4.69, 9.17) is 14.7 Å². The van der Waals surface area contributed by atoms with Crippen LogP contribution in [0.2, 0.25) is 0 Å². The molecule has 0 amide bonds. The van der Waals surface area contributed by atoms with Crippen LogP contribution in [0, 0.1) is 17.2 Å². The Morgan fingerprint density at radius 3 is 2.72 bits per heavy atom. The lowest BCUT2D eigenvalue weighted by molar-refractivity contribution is 0.128. The van der Waals surface area contributed by atoms with E-state index in [2.05, 4.69) is 6.07 Å². The van der Waals surface area contributed by atoms with Crippen molar-refractivity contribution in [2.45, 2.75) is 25.9 Å². The number of rotatable bonds is 4. The molecule has 0 saturated heterocycles. The molecule has 1 N–H and O–H groups in total. The van der Waals surface area contributed by atoms with Crippen LogP contribution in [0.5, 0.6) is 11.5 Å². The molecule has 0 spiro atoms. The fraction of sp³-hybridized carbons (Fsp3) is 0.500. The van der Waals surface area contributed by atoms with Crippen LogP contribution in [0.25, 0.3) is 0 Å². The quantitative estimate of drug-likeness (QED) is 0.887. The Bertz CT molecular complexity index is 453. The Balaban J connectivity index is 2.20. The van der Waals surface area contributed by atoms with E-state index in [-0.39, 0.29) is 5.92 Å². The lowest BCUT2D eigenvalue weighted by Crippen LogP contribution is -2.16. The number of hydrogen-bond acceptors (Lipinski definition) is 4. The second-order valence-electron chi connectivity index (χ2n) is 4.37. The van der Waals surface area contributed by atoms with Gasteiger partial charge in [0, 0.05) is 0 Å². The van der Waals surface area contributed by atoms with Crippen molar-refractivity contribution in [2.24, 2.45) is 5.92 Å². The molecule has 1 heterocycles. The van der Waals surface area contributed by atoms with Gasteiger partial charge in [-0.05, 0) is 24.1 Å². The van der Waals surface area contributed by atoms with E-state index in [1.165, 1.54) is 0 Å². The van der Waals surface area contributed by atoms with Crippen molar-refractivity contribution in [3.63, 3.8) is 0 Å². The monoisotopic (exact) mass is 247 g/mol. The number of aliphatic hydroxyl groups excluding tert-OH is 1. The largest absolute Gasteiger partial charge is 0.486 e. The molecule has 1 aliphatic rings. The number of hydrogen-bond donors (Lipinski definition) is 1. The van der Waals surface area contributed by atoms with Gasteiger partial charge in [0.25, 0.3) is 0 Å². The van der Waals surface area contributed by atoms with E-state index < -0.39 is 6.10 Å². The second-order valence-corrected chi connectivity index (χ2v) is 4.37. The molecule has 0 bridgehead atoms. The number of fused-ring (bicyclic) bond motifs is 1. The lowest BCUT2D eigenvalue weighted by Gasteiger charge is -2.21. The summed E-state index contributed by atoms with van der Waals surface area (Å²) in [6.07, 6.45) is 0.789. The minimum Gasteiger partial charge on any atom is -0.486 e. The molecule has 18 heavy (non-hydrogen) atoms. The Labute approximate surface area is 107 Å². The first-order valence-corrected chi connectivity index (χ1v) is 6.23. The van der Waals surface area contributed by atoms with Crippen LogP contribution in [0.1, 0.15) is 31.4 Å². The van der Waals surface area contributed by atoms with Gasteiger partial charge in [0.2, 0.25) is 0 Å². The number of benzene rings is 1. The summed E-state index contributed by atoms with van der Waals surface area (Å²) in [5, 5.41) is 19.3. The van der Waals surface area contributed by atoms with Crippen LogP contribution in [0.15, 0.2) is 18.2 Å². The summed E-state index contributed by atoms with van der Waals surface area (Å²) < 4.78 is 10.9. The summed E-state index contributed by atoms with van der Waals surface area (Å²) in [5.41, 5.74) is 0.708. The zero-order valence-electron chi connectivity index (χ0n) is 10.4. The maximum atomic E-state index is 10.2. The standard InChI is InChI=1S/C14H17NO3/c1-2-3-11(9-15)14(16)10-4-5-12-13(8-10)18-7-6-17-12/h4-5,8,11,14,16H,2-3,6-7H2,1H3. The second kappa shape index (κ2) is 5.74. The highest BCUT2D eigenvalue weighted by Gasteiger charge is 2.22. The van der Waals surface area contributed by atoms with Gasteiger partial charge in [-0.25, -0.2) is 0 Å². The average Bonchev–Trinajstić information content (AvgIpc) is 2.43. The Morgan fingerprint density at radius 1 is 1.33 bits per heavy atom. The van der Waals surface area contributed by atoms with Crippen molar-refractivity contribution in [2.75, 3.05) is 13.2 Å². The molecule has 2 rings (SSSR count). The van der Waals surface area contributed by atoms with Crippen LogP contribution in [0.3, 0.4) is 0 Å². The van der Waals surface area contributed by atoms with Gasteiger partial charge in [-0.15, -0.1) is 0 Å². The third-order valence-electron chi connectivity index (χ3n) is 3.05. The van der Waals surface area contributed by atoms with E-state index in [0.717, 1.165) is 6.42 Å². The Kier molecular flexibility index (Phi) is 4.06. The van der Waals surface area contributed by atoms with Gasteiger partial charge in [-0.1, -0.05) is 19.4 Å². The maximum absolute atomic E-state index is 10.2. The van der Waals surface area contributed by atoms with Crippen molar-refractivity contribution < 1.29 is 14.6 Å². The first-order valence-electron chi connectivity index (χ1n) is 6.23. The Hall–Kier alpha value is -1.73. The fourth-order valence-corrected chi connectivity index (χ4v) is 2.08. The smallest absolute Gasteiger partial charge is 0.161 e. The first-order chi connectivity index (χ1) is 8.76. The first kappa shape index (κ1) is 12.7. The van der Waals surface area contributed by atoms with Crippen molar-refractivity contribution >= 4 is 0 Å². The van der Waals surface area contributed by atoms with Gasteiger partial charge < -0.3 is 14.6 Å². The third kappa shape index (κ3) is 2.57. The van der Waals surface area contributed by atoms with Gasteiger partial charge >= 0.3 is 0 Å². The molecule has 1 aromatic rings. The Morgan fingerprint density at radius 2 is 2.06 bits per heavy atom. The summed E-state index contributed by atoms with van der Waals surface area (Å²) in [4.78, 5) is 0. The molecule has 2 unspecified atom stereocenters. The predicted octanol–water partition coefficient (Wildman–Crippen LogP) is 2.43. The zero-order valence-corrected chi connectivity index (χ0v) is 10.4. The van der Waals surface area contributed by atoms with Crippen molar-refractivity contribution in [3.8, 4) is 17.6 Å². The van der Waals surface area contributed by atoms with Gasteiger partial charge in [0.1, 0.15) is 13.2 Å². The topological polar surface area (TPSA) is 62.5 Å². The minimum atomic E-state index is -0.772. The highest BCUT2D eigenvalue weighted by molar-refractivity contribution is 5.44. The summed E-state index contributed by atoms with van der Waals surface area (Å²) in [5.74, 6) is 0.963. The molecular formula is C14H17NO3. The molecule has 4 heteroatoms. The maximum Gasteiger partial charge on any atom is 0.161 e. The molecule has 0 aliphatic carbocycles. The zero-order chi connectivity index (χ0) is 13.0. The third-order valence-corrected chi connectivity index (χ3v) is 3.05. The average molecular weight is 247 g/mol. The van der Waals surface area contributed by atoms with E-state index in [1.807, 2.05) is 6.92 Å². The number of nitriles is 1. The summed E-state index contributed by atoms with van der Waals surface area (Å²) in [6.45, 7) is 3.07. The molecule has 0 radical (unpaired) electrons. The molecule has 2 atom stereocenters. The summed E-state index contributed by atoms with van der Waals surface area (Å²) >= 11 is 0. The van der Waals surface area contributed by atoms with Crippen LogP contribution < -0.4 is 9.47 Å². The molecule has 0 saturated carbocycles. The van der Waals surface area contributed by atoms with Gasteiger partial charge in [0.15, 0.2) is 11.5 Å². The van der Waals surface area contributed by atoms with E-state index in [0.29, 0.717) is 36.7 Å². The van der Waals surface area contributed by atoms with E-state index in [1.54, 1.807) is 18.2 Å². The molecule has 1 aliphatic heterocycles. The van der Waals surface area contributed by atoms with Crippen molar-refractivity contribution in [3.05, 3.63) is 23.8 Å². The van der Waals surface area contributed by atoms with Crippen molar-refractivity contribution in [1.82, 2.24) is 0 Å². The number of aliphatic hydroxyl groups is 1. The highest BCUT2D eigenvalue weighted by Crippen LogP contribution is 2.35. The molecule has 1 aromatic carbocycles. The lowest BCUT2D eigenvalue weighted by atomic mass is 9.93. The number of ether oxygens (including phenoxy) is 2. The molecule has 0 fully saturated rings. The van der Waals surface area contributed by atoms with Crippen molar-refractivity contribution in [1.29, 1.82) is 5.26 Å². The van der Waals surface area contributed by atoms with Gasteiger partial charge in [-0.3, -0.25) is 0 Å². The normalized spacial score (nSPS) is 16.7. The predicted molar refractivity (Wildman–Crippen MR) is 66.4 cm³/mol. The van der Waals surface area contributed by atoms with Crippen LogP contribution >= 0.6 is 0 Å². The molecular weight excluding hydrogens is 230 g/mol. The molecule has 4 nitrogen and oxygen atoms in total. The summed E-state index contributed by atoms with van der Waals surface area (Å²) in [7, 11) is 0. The SMILES string of the molecule is CCCC(C#N)C(O)c1ccc2c(c1)OCCO2. The fourth-order valence-electron chi connectivity index (χ4n) is 2.08. The van der Waals surface area contributed by atoms with Crippen LogP contribution in [0.4, 0.5) is 0 Å². The van der Waals surface area contributed by atoms with Crippen LogP contribution in [-0.4, -0.2) is 18.3 Å². The molecule has 96 valence electrons. The molecule has 0 aromatic heterocycles. The minimum absolute atomic E-state index is 0.377. The van der Waals surface area contributed by atoms with E-state index in [9.17, 15) is 5.11 Å². The highest BCUT2D eigenvalue weighted by atomic mass is 16.6.